The molecule has 2 aromatic carbocycles. The Morgan fingerprint density at radius 3 is 2.46 bits per heavy atom. The first-order valence-corrected chi connectivity index (χ1v) is 13.0. The second-order valence-electron chi connectivity index (χ2n) is 10.6. The molecule has 35 heavy (non-hydrogen) atoms. The zero-order chi connectivity index (χ0) is 23.8. The molecule has 0 radical (unpaired) electrons. The Hall–Kier alpha value is -3.18. The molecule has 5 heteroatoms. The van der Waals surface area contributed by atoms with E-state index in [4.69, 9.17) is 9.72 Å². The summed E-state index contributed by atoms with van der Waals surface area (Å²) in [4.78, 5) is 7.38. The van der Waals surface area contributed by atoms with Crippen molar-refractivity contribution in [2.75, 3.05) is 19.6 Å². The van der Waals surface area contributed by atoms with Gasteiger partial charge in [0.25, 0.3) is 0 Å². The number of piperidine rings is 1. The number of fused-ring (bicyclic) bond motifs is 1. The number of benzene rings is 2. The second-order valence-corrected chi connectivity index (χ2v) is 10.6. The van der Waals surface area contributed by atoms with Crippen LogP contribution < -0.4 is 4.74 Å². The molecule has 0 atom stereocenters. The van der Waals surface area contributed by atoms with E-state index in [-0.39, 0.29) is 5.60 Å². The van der Waals surface area contributed by atoms with Gasteiger partial charge in [-0.1, -0.05) is 56.7 Å². The third-order valence-corrected chi connectivity index (χ3v) is 7.51. The minimum Gasteiger partial charge on any atom is -0.486 e. The molecule has 1 saturated carbocycles. The van der Waals surface area contributed by atoms with Gasteiger partial charge in [-0.15, -0.1) is 0 Å². The number of ether oxygens (including phenoxy) is 1. The van der Waals surface area contributed by atoms with Crippen LogP contribution in [0.3, 0.4) is 0 Å². The molecule has 5 nitrogen and oxygen atoms in total. The van der Waals surface area contributed by atoms with Gasteiger partial charge >= 0.3 is 0 Å². The van der Waals surface area contributed by atoms with Gasteiger partial charge in [0.05, 0.1) is 6.20 Å². The van der Waals surface area contributed by atoms with Gasteiger partial charge in [-0.2, -0.15) is 5.10 Å². The van der Waals surface area contributed by atoms with Crippen molar-refractivity contribution in [3.8, 4) is 28.0 Å². The summed E-state index contributed by atoms with van der Waals surface area (Å²) in [6, 6.07) is 17.1. The number of likely N-dealkylation sites (tertiary alicyclic amines) is 1. The summed E-state index contributed by atoms with van der Waals surface area (Å²) < 4.78 is 8.36. The van der Waals surface area contributed by atoms with E-state index in [1.807, 2.05) is 16.9 Å². The van der Waals surface area contributed by atoms with Gasteiger partial charge in [-0.3, -0.25) is 4.90 Å². The van der Waals surface area contributed by atoms with Crippen molar-refractivity contribution in [1.82, 2.24) is 19.5 Å². The molecular formula is C30H34N4O. The molecule has 0 amide bonds. The molecule has 1 aliphatic carbocycles. The molecule has 2 fully saturated rings. The monoisotopic (exact) mass is 466 g/mol. The number of rotatable bonds is 7. The maximum atomic E-state index is 6.48. The largest absolute Gasteiger partial charge is 0.486 e. The molecule has 0 unspecified atom stereocenters. The molecule has 180 valence electrons. The van der Waals surface area contributed by atoms with Crippen LogP contribution in [0.1, 0.15) is 57.4 Å². The van der Waals surface area contributed by atoms with Gasteiger partial charge < -0.3 is 4.74 Å². The first-order valence-electron chi connectivity index (χ1n) is 13.0. The fourth-order valence-corrected chi connectivity index (χ4v) is 5.22. The van der Waals surface area contributed by atoms with Crippen LogP contribution in [0.25, 0.3) is 27.9 Å². The van der Waals surface area contributed by atoms with Crippen molar-refractivity contribution < 1.29 is 4.74 Å². The van der Waals surface area contributed by atoms with Crippen LogP contribution in [0.2, 0.25) is 0 Å². The first-order chi connectivity index (χ1) is 17.1. The zero-order valence-corrected chi connectivity index (χ0v) is 20.8. The Kier molecular flexibility index (Phi) is 5.81. The zero-order valence-electron chi connectivity index (χ0n) is 20.8. The highest BCUT2D eigenvalue weighted by atomic mass is 16.5. The third kappa shape index (κ3) is 4.70. The summed E-state index contributed by atoms with van der Waals surface area (Å²) in [5.74, 6) is 1.45. The Morgan fingerprint density at radius 1 is 0.914 bits per heavy atom. The number of nitrogens with zero attached hydrogens (tertiary/aromatic N) is 4. The van der Waals surface area contributed by atoms with E-state index in [9.17, 15) is 0 Å². The quantitative estimate of drug-likeness (QED) is 0.308. The van der Waals surface area contributed by atoms with E-state index in [0.29, 0.717) is 5.92 Å². The van der Waals surface area contributed by atoms with Gasteiger partial charge in [-0.25, -0.2) is 9.50 Å². The van der Waals surface area contributed by atoms with E-state index < -0.39 is 0 Å². The SMILES string of the molecule is CC(C)c1cccc(-c2cnn3cc(-c4ccc(OC5(CN6CCCCC6)CC5)cc4)cnc23)c1. The molecule has 2 aliphatic rings. The van der Waals surface area contributed by atoms with Crippen LogP contribution in [-0.2, 0) is 0 Å². The summed E-state index contributed by atoms with van der Waals surface area (Å²) >= 11 is 0. The van der Waals surface area contributed by atoms with Crippen LogP contribution in [0.4, 0.5) is 0 Å². The lowest BCUT2D eigenvalue weighted by Gasteiger charge is -2.30. The molecular weight excluding hydrogens is 432 g/mol. The average molecular weight is 467 g/mol. The van der Waals surface area contributed by atoms with Crippen LogP contribution in [0.5, 0.6) is 5.75 Å². The van der Waals surface area contributed by atoms with Crippen molar-refractivity contribution in [1.29, 1.82) is 0 Å². The maximum Gasteiger partial charge on any atom is 0.162 e. The van der Waals surface area contributed by atoms with Crippen molar-refractivity contribution >= 4 is 5.65 Å². The van der Waals surface area contributed by atoms with E-state index in [1.54, 1.807) is 0 Å². The van der Waals surface area contributed by atoms with Crippen LogP contribution >= 0.6 is 0 Å². The lowest BCUT2D eigenvalue weighted by molar-refractivity contribution is 0.101. The summed E-state index contributed by atoms with van der Waals surface area (Å²) in [6.07, 6.45) is 12.3. The normalized spacial score (nSPS) is 17.7. The number of hydrogen-bond acceptors (Lipinski definition) is 4. The van der Waals surface area contributed by atoms with E-state index >= 15 is 0 Å². The molecule has 0 N–H and O–H groups in total. The van der Waals surface area contributed by atoms with Crippen LogP contribution in [-0.4, -0.2) is 44.7 Å². The smallest absolute Gasteiger partial charge is 0.162 e. The summed E-state index contributed by atoms with van der Waals surface area (Å²) in [7, 11) is 0. The van der Waals surface area contributed by atoms with Gasteiger partial charge in [0.1, 0.15) is 11.4 Å². The summed E-state index contributed by atoms with van der Waals surface area (Å²) in [6.45, 7) is 7.94. The molecule has 3 heterocycles. The molecule has 0 bridgehead atoms. The molecule has 4 aromatic rings. The summed E-state index contributed by atoms with van der Waals surface area (Å²) in [5, 5.41) is 4.61. The minimum atomic E-state index is 0.0255. The highest BCUT2D eigenvalue weighted by Gasteiger charge is 2.46. The standard InChI is InChI=1S/C30H34N4O/c1-22(2)24-7-6-8-25(17-24)28-19-32-34-20-26(18-31-29(28)34)23-9-11-27(12-10-23)35-30(13-14-30)21-33-15-4-3-5-16-33/h6-12,17-20,22H,3-5,13-16,21H2,1-2H3. The third-order valence-electron chi connectivity index (χ3n) is 7.51. The molecule has 2 aromatic heterocycles. The highest BCUT2D eigenvalue weighted by molar-refractivity contribution is 5.78. The fourth-order valence-electron chi connectivity index (χ4n) is 5.22. The predicted molar refractivity (Wildman–Crippen MR) is 141 cm³/mol. The Morgan fingerprint density at radius 2 is 1.71 bits per heavy atom. The first kappa shape index (κ1) is 22.3. The Balaban J connectivity index is 1.19. The van der Waals surface area contributed by atoms with Crippen LogP contribution in [0, 0.1) is 0 Å². The fraction of sp³-hybridized carbons (Fsp3) is 0.400. The highest BCUT2D eigenvalue weighted by Crippen LogP contribution is 2.41. The van der Waals surface area contributed by atoms with Crippen molar-refractivity contribution in [2.45, 2.75) is 57.5 Å². The lowest BCUT2D eigenvalue weighted by atomic mass is 9.99. The Labute approximate surface area is 207 Å². The van der Waals surface area contributed by atoms with Gasteiger partial charge in [0.15, 0.2) is 5.65 Å². The Bertz CT molecular complexity index is 1310. The summed E-state index contributed by atoms with van der Waals surface area (Å²) in [5.41, 5.74) is 6.61. The van der Waals surface area contributed by atoms with E-state index in [1.165, 1.54) is 37.9 Å². The average Bonchev–Trinajstić information content (AvgIpc) is 3.50. The molecule has 1 aliphatic heterocycles. The maximum absolute atomic E-state index is 6.48. The number of hydrogen-bond donors (Lipinski definition) is 0. The van der Waals surface area contributed by atoms with Gasteiger partial charge in [0, 0.05) is 30.1 Å². The molecule has 6 rings (SSSR count). The molecule has 1 saturated heterocycles. The van der Waals surface area contributed by atoms with E-state index in [0.717, 1.165) is 53.0 Å². The van der Waals surface area contributed by atoms with Crippen molar-refractivity contribution in [3.63, 3.8) is 0 Å². The van der Waals surface area contributed by atoms with Crippen molar-refractivity contribution in [2.24, 2.45) is 0 Å². The van der Waals surface area contributed by atoms with Crippen LogP contribution in [0.15, 0.2) is 67.1 Å². The predicted octanol–water partition coefficient (Wildman–Crippen LogP) is 6.58. The van der Waals surface area contributed by atoms with Crippen molar-refractivity contribution in [3.05, 3.63) is 72.7 Å². The lowest BCUT2D eigenvalue weighted by Crippen LogP contribution is -2.40. The minimum absolute atomic E-state index is 0.0255. The number of aromatic nitrogens is 3. The van der Waals surface area contributed by atoms with E-state index in [2.05, 4.69) is 78.6 Å². The molecule has 0 spiro atoms. The second kappa shape index (κ2) is 9.12. The van der Waals surface area contributed by atoms with Gasteiger partial charge in [0.2, 0.25) is 0 Å². The van der Waals surface area contributed by atoms with Gasteiger partial charge in [-0.05, 0) is 73.5 Å². The topological polar surface area (TPSA) is 42.7 Å².